The fourth-order valence-electron chi connectivity index (χ4n) is 1.86. The third kappa shape index (κ3) is 3.27. The highest BCUT2D eigenvalue weighted by Gasteiger charge is 2.20. The molecule has 0 heterocycles. The predicted octanol–water partition coefficient (Wildman–Crippen LogP) is 3.98. The summed E-state index contributed by atoms with van der Waals surface area (Å²) < 4.78 is 6.00. The number of rotatable bonds is 5. The van der Waals surface area contributed by atoms with Crippen LogP contribution in [0.5, 0.6) is 5.75 Å². The van der Waals surface area contributed by atoms with Gasteiger partial charge in [0.25, 0.3) is 0 Å². The Morgan fingerprint density at radius 1 is 1.30 bits per heavy atom. The summed E-state index contributed by atoms with van der Waals surface area (Å²) in [6.07, 6.45) is 0. The molecule has 0 saturated heterocycles. The summed E-state index contributed by atoms with van der Waals surface area (Å²) in [4.78, 5) is 10.7. The van der Waals surface area contributed by atoms with Crippen molar-refractivity contribution in [1.82, 2.24) is 0 Å². The molecular weight excluding hydrogens is 324 g/mol. The van der Waals surface area contributed by atoms with Crippen LogP contribution in [0.3, 0.4) is 0 Å². The molecule has 6 heteroatoms. The summed E-state index contributed by atoms with van der Waals surface area (Å²) in [5.41, 5.74) is 1.41. The van der Waals surface area contributed by atoms with Gasteiger partial charge in [0.15, 0.2) is 5.75 Å². The van der Waals surface area contributed by atoms with E-state index in [2.05, 4.69) is 21.2 Å². The zero-order chi connectivity index (χ0) is 14.5. The minimum Gasteiger partial charge on any atom is -0.490 e. The van der Waals surface area contributed by atoms with Gasteiger partial charge in [0.2, 0.25) is 0 Å². The molecule has 0 spiro atoms. The minimum atomic E-state index is -0.442. The molecule has 5 nitrogen and oxygen atoms in total. The maximum atomic E-state index is 11.1. The number of nitro groups is 1. The first kappa shape index (κ1) is 14.3. The molecule has 0 amide bonds. The van der Waals surface area contributed by atoms with E-state index in [0.29, 0.717) is 12.2 Å². The van der Waals surface area contributed by atoms with Crippen LogP contribution < -0.4 is 10.1 Å². The quantitative estimate of drug-likeness (QED) is 0.662. The summed E-state index contributed by atoms with van der Waals surface area (Å²) in [6, 6.07) is 12.7. The molecule has 2 rings (SSSR count). The van der Waals surface area contributed by atoms with Crippen LogP contribution in [-0.4, -0.2) is 12.0 Å². The third-order valence-electron chi connectivity index (χ3n) is 2.77. The molecule has 104 valence electrons. The number of ether oxygens (including phenoxy) is 1. The van der Waals surface area contributed by atoms with E-state index in [1.165, 1.54) is 7.11 Å². The van der Waals surface area contributed by atoms with Crippen LogP contribution in [0.15, 0.2) is 46.9 Å². The monoisotopic (exact) mass is 336 g/mol. The molecule has 0 aliphatic rings. The molecule has 0 unspecified atom stereocenters. The van der Waals surface area contributed by atoms with Gasteiger partial charge in [-0.25, -0.2) is 0 Å². The number of benzene rings is 2. The minimum absolute atomic E-state index is 0.0509. The lowest BCUT2D eigenvalue weighted by atomic mass is 10.2. The lowest BCUT2D eigenvalue weighted by Gasteiger charge is -2.09. The molecule has 0 aliphatic heterocycles. The highest BCUT2D eigenvalue weighted by Crippen LogP contribution is 2.34. The van der Waals surface area contributed by atoms with Crippen molar-refractivity contribution in [3.8, 4) is 5.75 Å². The van der Waals surface area contributed by atoms with Gasteiger partial charge >= 0.3 is 5.69 Å². The fraction of sp³-hybridized carbons (Fsp3) is 0.143. The molecule has 0 atom stereocenters. The van der Waals surface area contributed by atoms with Gasteiger partial charge in [0.05, 0.1) is 12.0 Å². The zero-order valence-electron chi connectivity index (χ0n) is 10.8. The van der Waals surface area contributed by atoms with Crippen molar-refractivity contribution in [3.05, 3.63) is 62.6 Å². The Hall–Kier alpha value is -2.08. The van der Waals surface area contributed by atoms with Crippen LogP contribution >= 0.6 is 15.9 Å². The smallest absolute Gasteiger partial charge is 0.333 e. The summed E-state index contributed by atoms with van der Waals surface area (Å²) >= 11 is 3.39. The lowest BCUT2D eigenvalue weighted by Crippen LogP contribution is -2.04. The Morgan fingerprint density at radius 3 is 2.70 bits per heavy atom. The van der Waals surface area contributed by atoms with E-state index in [1.807, 2.05) is 24.3 Å². The van der Waals surface area contributed by atoms with Gasteiger partial charge in [-0.15, -0.1) is 0 Å². The van der Waals surface area contributed by atoms with Gasteiger partial charge in [-0.3, -0.25) is 10.1 Å². The van der Waals surface area contributed by atoms with E-state index in [0.717, 1.165) is 10.0 Å². The highest BCUT2D eigenvalue weighted by molar-refractivity contribution is 9.10. The first-order chi connectivity index (χ1) is 9.61. The molecule has 2 aromatic carbocycles. The van der Waals surface area contributed by atoms with Crippen LogP contribution in [0.2, 0.25) is 0 Å². The van der Waals surface area contributed by atoms with Crippen LogP contribution in [-0.2, 0) is 6.54 Å². The van der Waals surface area contributed by atoms with Gasteiger partial charge < -0.3 is 10.1 Å². The Morgan fingerprint density at radius 2 is 2.05 bits per heavy atom. The number of para-hydroxylation sites is 1. The number of anilines is 1. The van der Waals surface area contributed by atoms with Gasteiger partial charge in [0.1, 0.15) is 5.69 Å². The summed E-state index contributed by atoms with van der Waals surface area (Å²) in [5, 5.41) is 14.2. The van der Waals surface area contributed by atoms with E-state index in [1.54, 1.807) is 18.2 Å². The number of methoxy groups -OCH3 is 1. The van der Waals surface area contributed by atoms with E-state index < -0.39 is 4.92 Å². The molecule has 2 aromatic rings. The molecule has 0 bridgehead atoms. The molecule has 1 N–H and O–H groups in total. The topological polar surface area (TPSA) is 64.4 Å². The van der Waals surface area contributed by atoms with Crippen molar-refractivity contribution in [3.63, 3.8) is 0 Å². The Bertz CT molecular complexity index is 632. The van der Waals surface area contributed by atoms with Gasteiger partial charge in [0, 0.05) is 11.0 Å². The van der Waals surface area contributed by atoms with E-state index in [9.17, 15) is 10.1 Å². The van der Waals surface area contributed by atoms with E-state index in [-0.39, 0.29) is 11.4 Å². The number of hydrogen-bond donors (Lipinski definition) is 1. The van der Waals surface area contributed by atoms with Crippen LogP contribution in [0.4, 0.5) is 11.4 Å². The Labute approximate surface area is 124 Å². The first-order valence-electron chi connectivity index (χ1n) is 5.91. The lowest BCUT2D eigenvalue weighted by molar-refractivity contribution is -0.384. The zero-order valence-corrected chi connectivity index (χ0v) is 12.4. The van der Waals surface area contributed by atoms with Crippen molar-refractivity contribution >= 4 is 27.3 Å². The molecule has 0 aliphatic carbocycles. The van der Waals surface area contributed by atoms with Crippen molar-refractivity contribution in [2.75, 3.05) is 12.4 Å². The average Bonchev–Trinajstić information content (AvgIpc) is 2.44. The normalized spacial score (nSPS) is 10.1. The summed E-state index contributed by atoms with van der Waals surface area (Å²) in [6.45, 7) is 0.493. The SMILES string of the molecule is COc1cccc(NCc2cccc(Br)c2)c1[N+](=O)[O-]. The molecular formula is C14H13BrN2O3. The maximum absolute atomic E-state index is 11.1. The van der Waals surface area contributed by atoms with Gasteiger partial charge in [-0.2, -0.15) is 0 Å². The molecule has 0 aromatic heterocycles. The van der Waals surface area contributed by atoms with Crippen molar-refractivity contribution in [1.29, 1.82) is 0 Å². The van der Waals surface area contributed by atoms with Crippen LogP contribution in [0, 0.1) is 10.1 Å². The predicted molar refractivity (Wildman–Crippen MR) is 81.1 cm³/mol. The van der Waals surface area contributed by atoms with E-state index >= 15 is 0 Å². The van der Waals surface area contributed by atoms with Crippen molar-refractivity contribution in [2.45, 2.75) is 6.54 Å². The second kappa shape index (κ2) is 6.38. The van der Waals surface area contributed by atoms with Gasteiger partial charge in [-0.05, 0) is 29.8 Å². The second-order valence-corrected chi connectivity index (χ2v) is 5.01. The molecule has 0 fully saturated rings. The molecule has 0 radical (unpaired) electrons. The molecule has 0 saturated carbocycles. The first-order valence-corrected chi connectivity index (χ1v) is 6.71. The van der Waals surface area contributed by atoms with E-state index in [4.69, 9.17) is 4.74 Å². The molecule has 20 heavy (non-hydrogen) atoms. The summed E-state index contributed by atoms with van der Waals surface area (Å²) in [7, 11) is 1.42. The van der Waals surface area contributed by atoms with Crippen LogP contribution in [0.25, 0.3) is 0 Å². The second-order valence-electron chi connectivity index (χ2n) is 4.10. The van der Waals surface area contributed by atoms with Crippen LogP contribution in [0.1, 0.15) is 5.56 Å². The number of nitro benzene ring substituents is 1. The van der Waals surface area contributed by atoms with Crippen molar-refractivity contribution < 1.29 is 9.66 Å². The fourth-order valence-corrected chi connectivity index (χ4v) is 2.31. The number of nitrogens with zero attached hydrogens (tertiary/aromatic N) is 1. The van der Waals surface area contributed by atoms with Gasteiger partial charge in [-0.1, -0.05) is 34.1 Å². The Balaban J connectivity index is 2.23. The number of halogens is 1. The highest BCUT2D eigenvalue weighted by atomic mass is 79.9. The average molecular weight is 337 g/mol. The summed E-state index contributed by atoms with van der Waals surface area (Å²) in [5.74, 6) is 0.245. The third-order valence-corrected chi connectivity index (χ3v) is 3.27. The Kier molecular flexibility index (Phi) is 4.57. The number of nitrogens with one attached hydrogen (secondary N) is 1. The largest absolute Gasteiger partial charge is 0.490 e. The standard InChI is InChI=1S/C14H13BrN2O3/c1-20-13-7-3-6-12(14(13)17(18)19)16-9-10-4-2-5-11(15)8-10/h2-8,16H,9H2,1H3. The van der Waals surface area contributed by atoms with Crippen molar-refractivity contribution in [2.24, 2.45) is 0 Å². The maximum Gasteiger partial charge on any atom is 0.333 e. The number of hydrogen-bond acceptors (Lipinski definition) is 4.